The molecule has 0 fully saturated rings. The molecule has 3 nitrogen and oxygen atoms in total. The van der Waals surface area contributed by atoms with E-state index in [1.54, 1.807) is 7.11 Å². The molecule has 0 aliphatic heterocycles. The summed E-state index contributed by atoms with van der Waals surface area (Å²) in [4.78, 5) is 0. The lowest BCUT2D eigenvalue weighted by atomic mass is 10.1. The Labute approximate surface area is 78.9 Å². The molecule has 0 unspecified atom stereocenters. The molecule has 0 aromatic heterocycles. The molecule has 1 aromatic rings. The molecule has 72 valence electrons. The van der Waals surface area contributed by atoms with Gasteiger partial charge < -0.3 is 15.8 Å². The number of methoxy groups -OCH3 is 1. The van der Waals surface area contributed by atoms with Gasteiger partial charge in [0, 0.05) is 18.3 Å². The van der Waals surface area contributed by atoms with Crippen LogP contribution < -0.4 is 15.8 Å². The Kier molecular flexibility index (Phi) is 3.01. The highest BCUT2D eigenvalue weighted by atomic mass is 16.5. The number of aryl methyl sites for hydroxylation is 1. The molecular weight excluding hydrogens is 164 g/mol. The third kappa shape index (κ3) is 2.05. The molecule has 0 spiro atoms. The first-order chi connectivity index (χ1) is 6.19. The van der Waals surface area contributed by atoms with Crippen LogP contribution in [0.5, 0.6) is 5.75 Å². The van der Waals surface area contributed by atoms with Crippen LogP contribution >= 0.6 is 0 Å². The lowest BCUT2D eigenvalue weighted by Crippen LogP contribution is -2.01. The summed E-state index contributed by atoms with van der Waals surface area (Å²) >= 11 is 0. The summed E-state index contributed by atoms with van der Waals surface area (Å²) in [6.07, 6.45) is 0. The summed E-state index contributed by atoms with van der Waals surface area (Å²) in [5, 5.41) is 3.21. The van der Waals surface area contributed by atoms with E-state index in [4.69, 9.17) is 10.5 Å². The lowest BCUT2D eigenvalue weighted by molar-refractivity contribution is 0.416. The summed E-state index contributed by atoms with van der Waals surface area (Å²) < 4.78 is 5.19. The van der Waals surface area contributed by atoms with Crippen molar-refractivity contribution in [3.8, 4) is 5.75 Å². The van der Waals surface area contributed by atoms with E-state index in [9.17, 15) is 0 Å². The molecule has 0 radical (unpaired) electrons. The standard InChI is InChI=1S/C10H16N2O/c1-4-12-9-5-7(2)8(11)6-10(9)13-3/h5-6,12H,4,11H2,1-3H3. The molecule has 3 N–H and O–H groups in total. The lowest BCUT2D eigenvalue weighted by Gasteiger charge is -2.12. The summed E-state index contributed by atoms with van der Waals surface area (Å²) in [6, 6.07) is 3.84. The zero-order valence-electron chi connectivity index (χ0n) is 8.35. The fraction of sp³-hybridized carbons (Fsp3) is 0.400. The summed E-state index contributed by atoms with van der Waals surface area (Å²) in [5.41, 5.74) is 8.58. The topological polar surface area (TPSA) is 47.3 Å². The molecule has 13 heavy (non-hydrogen) atoms. The van der Waals surface area contributed by atoms with Gasteiger partial charge in [0.1, 0.15) is 5.75 Å². The minimum Gasteiger partial charge on any atom is -0.495 e. The van der Waals surface area contributed by atoms with Gasteiger partial charge in [0.25, 0.3) is 0 Å². The smallest absolute Gasteiger partial charge is 0.144 e. The van der Waals surface area contributed by atoms with Gasteiger partial charge in [-0.2, -0.15) is 0 Å². The van der Waals surface area contributed by atoms with Crippen LogP contribution in [0, 0.1) is 6.92 Å². The molecule has 0 saturated carbocycles. The zero-order chi connectivity index (χ0) is 9.84. The van der Waals surface area contributed by atoms with Crippen LogP contribution in [-0.2, 0) is 0 Å². The normalized spacial score (nSPS) is 9.77. The molecule has 1 rings (SSSR count). The molecule has 0 aliphatic rings. The van der Waals surface area contributed by atoms with E-state index >= 15 is 0 Å². The minimum absolute atomic E-state index is 0.763. The third-order valence-corrected chi connectivity index (χ3v) is 1.96. The Balaban J connectivity index is 3.09. The SMILES string of the molecule is CCNc1cc(C)c(N)cc1OC. The van der Waals surface area contributed by atoms with Crippen LogP contribution in [0.3, 0.4) is 0 Å². The van der Waals surface area contributed by atoms with Crippen LogP contribution in [0.4, 0.5) is 11.4 Å². The Morgan fingerprint density at radius 3 is 2.69 bits per heavy atom. The fourth-order valence-electron chi connectivity index (χ4n) is 1.20. The second-order valence-electron chi connectivity index (χ2n) is 2.94. The van der Waals surface area contributed by atoms with E-state index in [-0.39, 0.29) is 0 Å². The molecular formula is C10H16N2O. The highest BCUT2D eigenvalue weighted by Gasteiger charge is 2.04. The largest absolute Gasteiger partial charge is 0.495 e. The molecule has 0 atom stereocenters. The number of hydrogen-bond acceptors (Lipinski definition) is 3. The number of anilines is 2. The first-order valence-electron chi connectivity index (χ1n) is 4.37. The summed E-state index contributed by atoms with van der Waals surface area (Å²) in [7, 11) is 1.64. The molecule has 1 aromatic carbocycles. The number of nitrogen functional groups attached to an aromatic ring is 1. The Morgan fingerprint density at radius 2 is 2.15 bits per heavy atom. The van der Waals surface area contributed by atoms with Crippen molar-refractivity contribution in [2.75, 3.05) is 24.7 Å². The van der Waals surface area contributed by atoms with Crippen LogP contribution in [0.15, 0.2) is 12.1 Å². The van der Waals surface area contributed by atoms with E-state index in [2.05, 4.69) is 5.32 Å². The maximum atomic E-state index is 5.75. The van der Waals surface area contributed by atoms with Crippen molar-refractivity contribution in [1.82, 2.24) is 0 Å². The number of rotatable bonds is 3. The highest BCUT2D eigenvalue weighted by Crippen LogP contribution is 2.29. The maximum absolute atomic E-state index is 5.75. The van der Waals surface area contributed by atoms with Gasteiger partial charge in [-0.05, 0) is 25.5 Å². The second kappa shape index (κ2) is 4.03. The van der Waals surface area contributed by atoms with Gasteiger partial charge >= 0.3 is 0 Å². The first kappa shape index (κ1) is 9.71. The molecule has 0 saturated heterocycles. The second-order valence-corrected chi connectivity index (χ2v) is 2.94. The Morgan fingerprint density at radius 1 is 1.46 bits per heavy atom. The molecule has 0 aliphatic carbocycles. The van der Waals surface area contributed by atoms with Crippen molar-refractivity contribution >= 4 is 11.4 Å². The Hall–Kier alpha value is -1.38. The average Bonchev–Trinajstić information content (AvgIpc) is 2.11. The van der Waals surface area contributed by atoms with E-state index in [0.29, 0.717) is 0 Å². The molecule has 3 heteroatoms. The number of ether oxygens (including phenoxy) is 1. The van der Waals surface area contributed by atoms with E-state index in [1.165, 1.54) is 0 Å². The molecule has 0 amide bonds. The van der Waals surface area contributed by atoms with Crippen molar-refractivity contribution in [1.29, 1.82) is 0 Å². The van der Waals surface area contributed by atoms with Crippen molar-refractivity contribution in [2.45, 2.75) is 13.8 Å². The molecule has 0 heterocycles. The minimum atomic E-state index is 0.763. The van der Waals surface area contributed by atoms with Gasteiger partial charge in [-0.1, -0.05) is 0 Å². The molecule has 0 bridgehead atoms. The summed E-state index contributed by atoms with van der Waals surface area (Å²) in [6.45, 7) is 4.90. The zero-order valence-corrected chi connectivity index (χ0v) is 8.35. The third-order valence-electron chi connectivity index (χ3n) is 1.96. The van der Waals surface area contributed by atoms with Crippen LogP contribution in [0.25, 0.3) is 0 Å². The summed E-state index contributed by atoms with van der Waals surface area (Å²) in [5.74, 6) is 0.796. The quantitative estimate of drug-likeness (QED) is 0.699. The van der Waals surface area contributed by atoms with E-state index in [0.717, 1.165) is 29.2 Å². The maximum Gasteiger partial charge on any atom is 0.144 e. The fourth-order valence-corrected chi connectivity index (χ4v) is 1.20. The van der Waals surface area contributed by atoms with Crippen molar-refractivity contribution in [3.05, 3.63) is 17.7 Å². The highest BCUT2D eigenvalue weighted by molar-refractivity contribution is 5.65. The van der Waals surface area contributed by atoms with Crippen molar-refractivity contribution in [3.63, 3.8) is 0 Å². The predicted molar refractivity (Wildman–Crippen MR) is 56.3 cm³/mol. The van der Waals surface area contributed by atoms with Crippen molar-refractivity contribution in [2.24, 2.45) is 0 Å². The van der Waals surface area contributed by atoms with Crippen molar-refractivity contribution < 1.29 is 4.74 Å². The Bertz CT molecular complexity index is 297. The van der Waals surface area contributed by atoms with Gasteiger partial charge in [-0.15, -0.1) is 0 Å². The number of nitrogens with two attached hydrogens (primary N) is 1. The van der Waals surface area contributed by atoms with Crippen LogP contribution in [-0.4, -0.2) is 13.7 Å². The number of benzene rings is 1. The van der Waals surface area contributed by atoms with Gasteiger partial charge in [-0.25, -0.2) is 0 Å². The van der Waals surface area contributed by atoms with Gasteiger partial charge in [0.2, 0.25) is 0 Å². The van der Waals surface area contributed by atoms with Crippen LogP contribution in [0.1, 0.15) is 12.5 Å². The first-order valence-corrected chi connectivity index (χ1v) is 4.37. The number of hydrogen-bond donors (Lipinski definition) is 2. The monoisotopic (exact) mass is 180 g/mol. The van der Waals surface area contributed by atoms with Gasteiger partial charge in [0.05, 0.1) is 12.8 Å². The average molecular weight is 180 g/mol. The van der Waals surface area contributed by atoms with Gasteiger partial charge in [0.15, 0.2) is 0 Å². The number of nitrogens with one attached hydrogen (secondary N) is 1. The predicted octanol–water partition coefficient (Wildman–Crippen LogP) is 2.02. The van der Waals surface area contributed by atoms with Crippen LogP contribution in [0.2, 0.25) is 0 Å². The van der Waals surface area contributed by atoms with E-state index < -0.39 is 0 Å². The van der Waals surface area contributed by atoms with Gasteiger partial charge in [-0.3, -0.25) is 0 Å². The van der Waals surface area contributed by atoms with E-state index in [1.807, 2.05) is 26.0 Å².